The average Bonchev–Trinajstić information content (AvgIpc) is 2.98. The van der Waals surface area contributed by atoms with Crippen molar-refractivity contribution in [2.75, 3.05) is 11.9 Å². The summed E-state index contributed by atoms with van der Waals surface area (Å²) in [7, 11) is 0. The smallest absolute Gasteiger partial charge is 0.170 e. The highest BCUT2D eigenvalue weighted by atomic mass is 32.1. The molecule has 0 unspecified atom stereocenters. The maximum absolute atomic E-state index is 5.34. The summed E-state index contributed by atoms with van der Waals surface area (Å²) in [5, 5.41) is 8.23. The van der Waals surface area contributed by atoms with Crippen LogP contribution in [0.25, 0.3) is 10.2 Å². The minimum absolute atomic E-state index is 0.648. The quantitative estimate of drug-likeness (QED) is 0.675. The van der Waals surface area contributed by atoms with E-state index < -0.39 is 0 Å². The highest BCUT2D eigenvalue weighted by molar-refractivity contribution is 7.80. The molecule has 23 heavy (non-hydrogen) atoms. The lowest BCUT2D eigenvalue weighted by Gasteiger charge is -2.10. The first kappa shape index (κ1) is 15.9. The van der Waals surface area contributed by atoms with Gasteiger partial charge in [-0.05, 0) is 48.5 Å². The van der Waals surface area contributed by atoms with E-state index in [-0.39, 0.29) is 0 Å². The summed E-state index contributed by atoms with van der Waals surface area (Å²) in [6, 6.07) is 16.6. The topological polar surface area (TPSA) is 37.0 Å². The van der Waals surface area contributed by atoms with Crippen LogP contribution in [0.3, 0.4) is 0 Å². The molecule has 118 valence electrons. The molecule has 1 heterocycles. The second-order valence-corrected chi connectivity index (χ2v) is 6.78. The maximum Gasteiger partial charge on any atom is 0.170 e. The van der Waals surface area contributed by atoms with E-state index in [1.165, 1.54) is 10.3 Å². The Bertz CT molecular complexity index is 760. The molecule has 0 amide bonds. The van der Waals surface area contributed by atoms with Gasteiger partial charge in [0.2, 0.25) is 0 Å². The van der Waals surface area contributed by atoms with Crippen molar-refractivity contribution in [1.29, 1.82) is 0 Å². The number of aromatic nitrogens is 1. The molecule has 0 spiro atoms. The molecule has 2 aromatic carbocycles. The van der Waals surface area contributed by atoms with Crippen molar-refractivity contribution in [2.24, 2.45) is 0 Å². The van der Waals surface area contributed by atoms with Gasteiger partial charge < -0.3 is 10.6 Å². The minimum atomic E-state index is 0.648. The van der Waals surface area contributed by atoms with Crippen LogP contribution in [0.5, 0.6) is 0 Å². The van der Waals surface area contributed by atoms with E-state index in [2.05, 4.69) is 58.9 Å². The fourth-order valence-corrected chi connectivity index (χ4v) is 3.50. The Labute approximate surface area is 145 Å². The lowest BCUT2D eigenvalue weighted by molar-refractivity contribution is 0.868. The van der Waals surface area contributed by atoms with Gasteiger partial charge in [0, 0.05) is 18.7 Å². The number of benzene rings is 2. The fourth-order valence-electron chi connectivity index (χ4n) is 2.31. The number of nitrogens with one attached hydrogen (secondary N) is 2. The van der Waals surface area contributed by atoms with E-state index in [1.807, 2.05) is 12.1 Å². The number of thiocarbonyl (C=S) groups is 1. The van der Waals surface area contributed by atoms with Gasteiger partial charge in [-0.15, -0.1) is 11.3 Å². The summed E-state index contributed by atoms with van der Waals surface area (Å²) < 4.78 is 1.24. The molecule has 3 aromatic rings. The van der Waals surface area contributed by atoms with E-state index in [4.69, 9.17) is 12.2 Å². The van der Waals surface area contributed by atoms with E-state index in [9.17, 15) is 0 Å². The van der Waals surface area contributed by atoms with Gasteiger partial charge in [0.25, 0.3) is 0 Å². The standard InChI is InChI=1S/C18H19N3S2/c1-2-13-7-9-14(10-8-13)20-18(22)19-12-11-17-21-15-5-3-4-6-16(15)23-17/h3-10H,2,11-12H2,1H3,(H2,19,20,22). The van der Waals surface area contributed by atoms with Crippen LogP contribution in [0, 0.1) is 0 Å². The normalized spacial score (nSPS) is 10.7. The van der Waals surface area contributed by atoms with Crippen LogP contribution in [0.15, 0.2) is 48.5 Å². The highest BCUT2D eigenvalue weighted by Crippen LogP contribution is 2.21. The van der Waals surface area contributed by atoms with Crippen molar-refractivity contribution in [2.45, 2.75) is 19.8 Å². The Kier molecular flexibility index (Phi) is 5.20. The van der Waals surface area contributed by atoms with Gasteiger partial charge in [0.15, 0.2) is 5.11 Å². The predicted octanol–water partition coefficient (Wildman–Crippen LogP) is 4.39. The molecule has 0 radical (unpaired) electrons. The Morgan fingerprint density at radius 3 is 2.65 bits per heavy atom. The molecule has 5 heteroatoms. The molecular weight excluding hydrogens is 322 g/mol. The van der Waals surface area contributed by atoms with Crippen molar-refractivity contribution < 1.29 is 0 Å². The van der Waals surface area contributed by atoms with Crippen LogP contribution in [-0.2, 0) is 12.8 Å². The second-order valence-electron chi connectivity index (χ2n) is 5.26. The van der Waals surface area contributed by atoms with Gasteiger partial charge in [0.1, 0.15) is 0 Å². The number of nitrogens with zero attached hydrogens (tertiary/aromatic N) is 1. The maximum atomic E-state index is 5.34. The predicted molar refractivity (Wildman–Crippen MR) is 103 cm³/mol. The van der Waals surface area contributed by atoms with Crippen LogP contribution in [0.1, 0.15) is 17.5 Å². The van der Waals surface area contributed by atoms with Crippen LogP contribution >= 0.6 is 23.6 Å². The largest absolute Gasteiger partial charge is 0.362 e. The lowest BCUT2D eigenvalue weighted by atomic mass is 10.1. The molecule has 0 aliphatic carbocycles. The first-order valence-electron chi connectivity index (χ1n) is 7.73. The number of hydrogen-bond acceptors (Lipinski definition) is 3. The molecule has 0 saturated heterocycles. The van der Waals surface area contributed by atoms with Gasteiger partial charge >= 0.3 is 0 Å². The minimum Gasteiger partial charge on any atom is -0.362 e. The van der Waals surface area contributed by atoms with Crippen molar-refractivity contribution in [3.8, 4) is 0 Å². The third kappa shape index (κ3) is 4.27. The number of para-hydroxylation sites is 1. The monoisotopic (exact) mass is 341 g/mol. The van der Waals surface area contributed by atoms with Crippen molar-refractivity contribution in [3.63, 3.8) is 0 Å². The summed E-state index contributed by atoms with van der Waals surface area (Å²) >= 11 is 7.08. The molecule has 0 aliphatic rings. The van der Waals surface area contributed by atoms with Crippen molar-refractivity contribution in [1.82, 2.24) is 10.3 Å². The Morgan fingerprint density at radius 2 is 1.91 bits per heavy atom. The molecule has 3 rings (SSSR count). The molecule has 0 aliphatic heterocycles. The molecule has 0 fully saturated rings. The zero-order valence-corrected chi connectivity index (χ0v) is 14.6. The first-order valence-corrected chi connectivity index (χ1v) is 8.95. The summed E-state index contributed by atoms with van der Waals surface area (Å²) in [5.74, 6) is 0. The number of hydrogen-bond donors (Lipinski definition) is 2. The van der Waals surface area contributed by atoms with Crippen LogP contribution < -0.4 is 10.6 Å². The Morgan fingerprint density at radius 1 is 1.13 bits per heavy atom. The second kappa shape index (κ2) is 7.53. The van der Waals surface area contributed by atoms with Gasteiger partial charge in [-0.3, -0.25) is 0 Å². The molecule has 1 aromatic heterocycles. The van der Waals surface area contributed by atoms with E-state index >= 15 is 0 Å². The SMILES string of the molecule is CCc1ccc(NC(=S)NCCc2nc3ccccc3s2)cc1. The van der Waals surface area contributed by atoms with Crippen molar-refractivity contribution >= 4 is 44.6 Å². The third-order valence-corrected chi connectivity index (χ3v) is 4.93. The van der Waals surface area contributed by atoms with E-state index in [0.717, 1.165) is 35.6 Å². The number of thiazole rings is 1. The number of aryl methyl sites for hydroxylation is 1. The summed E-state index contributed by atoms with van der Waals surface area (Å²) in [6.45, 7) is 2.93. The number of fused-ring (bicyclic) bond motifs is 1. The summed E-state index contributed by atoms with van der Waals surface area (Å²) in [5.41, 5.74) is 3.41. The van der Waals surface area contributed by atoms with Crippen molar-refractivity contribution in [3.05, 3.63) is 59.1 Å². The molecule has 0 bridgehead atoms. The summed E-state index contributed by atoms with van der Waals surface area (Å²) in [4.78, 5) is 4.63. The van der Waals surface area contributed by atoms with Gasteiger partial charge in [-0.1, -0.05) is 31.2 Å². The molecule has 0 atom stereocenters. The van der Waals surface area contributed by atoms with Crippen LogP contribution in [0.2, 0.25) is 0 Å². The number of rotatable bonds is 5. The number of anilines is 1. The Hall–Kier alpha value is -1.98. The molecule has 3 nitrogen and oxygen atoms in total. The first-order chi connectivity index (χ1) is 11.2. The van der Waals surface area contributed by atoms with Crippen LogP contribution in [-0.4, -0.2) is 16.6 Å². The zero-order valence-electron chi connectivity index (χ0n) is 13.0. The fraction of sp³-hybridized carbons (Fsp3) is 0.222. The van der Waals surface area contributed by atoms with Gasteiger partial charge in [-0.25, -0.2) is 4.98 Å². The highest BCUT2D eigenvalue weighted by Gasteiger charge is 2.03. The molecule has 0 saturated carbocycles. The average molecular weight is 342 g/mol. The zero-order chi connectivity index (χ0) is 16.1. The van der Waals surface area contributed by atoms with Gasteiger partial charge in [0.05, 0.1) is 15.2 Å². The molecule has 2 N–H and O–H groups in total. The molecular formula is C18H19N3S2. The lowest BCUT2D eigenvalue weighted by Crippen LogP contribution is -2.30. The Balaban J connectivity index is 1.48. The van der Waals surface area contributed by atoms with Crippen LogP contribution in [0.4, 0.5) is 5.69 Å². The van der Waals surface area contributed by atoms with Gasteiger partial charge in [-0.2, -0.15) is 0 Å². The van der Waals surface area contributed by atoms with E-state index in [1.54, 1.807) is 11.3 Å². The third-order valence-electron chi connectivity index (χ3n) is 3.58. The summed E-state index contributed by atoms with van der Waals surface area (Å²) in [6.07, 6.45) is 1.92. The van der Waals surface area contributed by atoms with E-state index in [0.29, 0.717) is 5.11 Å².